The molecule has 0 aliphatic carbocycles. The van der Waals surface area contributed by atoms with Gasteiger partial charge in [0.15, 0.2) is 0 Å². The summed E-state index contributed by atoms with van der Waals surface area (Å²) in [5, 5.41) is 2.40. The summed E-state index contributed by atoms with van der Waals surface area (Å²) in [4.78, 5) is 12.8. The first-order chi connectivity index (χ1) is 30.9. The Morgan fingerprint density at radius 2 is 1.13 bits per heavy atom. The zero-order valence-electron chi connectivity index (χ0n) is 35.5. The summed E-state index contributed by atoms with van der Waals surface area (Å²) in [6.45, 7) is 6.72. The number of aromatic nitrogens is 2. The van der Waals surface area contributed by atoms with Crippen LogP contribution in [-0.2, 0) is 5.41 Å². The lowest BCUT2D eigenvalue weighted by Gasteiger charge is -2.42. The molecule has 2 aliphatic rings. The Morgan fingerprint density at radius 3 is 1.84 bits per heavy atom. The normalized spacial score (nSPS) is 12.9. The van der Waals surface area contributed by atoms with Crippen molar-refractivity contribution in [1.82, 2.24) is 9.38 Å². The Bertz CT molecular complexity index is 3340. The van der Waals surface area contributed by atoms with E-state index < -0.39 is 0 Å². The number of para-hydroxylation sites is 2. The van der Waals surface area contributed by atoms with Gasteiger partial charge in [-0.05, 0) is 117 Å². The second kappa shape index (κ2) is 14.4. The summed E-state index contributed by atoms with van der Waals surface area (Å²) in [5.74, 6) is 1.07. The van der Waals surface area contributed by atoms with Gasteiger partial charge in [-0.1, -0.05) is 148 Å². The Morgan fingerprint density at radius 1 is 0.508 bits per heavy atom. The van der Waals surface area contributed by atoms with Crippen LogP contribution in [0.1, 0.15) is 26.3 Å². The van der Waals surface area contributed by atoms with Crippen LogP contribution in [0.15, 0.2) is 212 Å². The van der Waals surface area contributed by atoms with Crippen LogP contribution in [0.2, 0.25) is 0 Å². The lowest BCUT2D eigenvalue weighted by Crippen LogP contribution is -2.61. The Kier molecular flexibility index (Phi) is 8.45. The minimum absolute atomic E-state index is 0.0223. The largest absolute Gasteiger partial charge is 0.311 e. The highest BCUT2D eigenvalue weighted by atomic mass is 15.3. The molecule has 12 rings (SSSR count). The average molecular weight is 810 g/mol. The number of hydrogen-bond donors (Lipinski definition) is 0. The van der Waals surface area contributed by atoms with Gasteiger partial charge in [0.2, 0.25) is 0 Å². The van der Waals surface area contributed by atoms with E-state index in [1.54, 1.807) is 0 Å². The van der Waals surface area contributed by atoms with Crippen LogP contribution < -0.4 is 31.2 Å². The smallest absolute Gasteiger partial charge is 0.277 e. The second-order valence-corrected chi connectivity index (χ2v) is 17.7. The number of benzene rings is 8. The van der Waals surface area contributed by atoms with Gasteiger partial charge in [0.1, 0.15) is 11.5 Å². The molecular formula is C57H44BN5. The predicted molar refractivity (Wildman–Crippen MR) is 266 cm³/mol. The molecule has 6 heteroatoms. The van der Waals surface area contributed by atoms with E-state index in [0.29, 0.717) is 0 Å². The highest BCUT2D eigenvalue weighted by Gasteiger charge is 2.46. The molecule has 0 amide bonds. The summed E-state index contributed by atoms with van der Waals surface area (Å²) in [5.41, 5.74) is 17.1. The fraction of sp³-hybridized carbons (Fsp3) is 0.0702. The van der Waals surface area contributed by atoms with Crippen LogP contribution in [0.4, 0.5) is 51.3 Å². The molecule has 63 heavy (non-hydrogen) atoms. The van der Waals surface area contributed by atoms with Gasteiger partial charge in [0, 0.05) is 51.4 Å². The van der Waals surface area contributed by atoms with Gasteiger partial charge < -0.3 is 9.80 Å². The van der Waals surface area contributed by atoms with E-state index in [2.05, 4.69) is 252 Å². The van der Waals surface area contributed by atoms with Crippen molar-refractivity contribution in [2.75, 3.05) is 14.7 Å². The average Bonchev–Trinajstić information content (AvgIpc) is 3.71. The molecule has 300 valence electrons. The molecule has 0 fully saturated rings. The first kappa shape index (κ1) is 37.0. The minimum atomic E-state index is -0.111. The van der Waals surface area contributed by atoms with Crippen molar-refractivity contribution in [3.63, 3.8) is 0 Å². The molecular weight excluding hydrogens is 765 g/mol. The fourth-order valence-electron chi connectivity index (χ4n) is 10.0. The Labute approximate surface area is 368 Å². The fourth-order valence-corrected chi connectivity index (χ4v) is 10.0. The molecule has 10 aromatic rings. The minimum Gasteiger partial charge on any atom is -0.311 e. The van der Waals surface area contributed by atoms with Gasteiger partial charge in [0.05, 0.1) is 11.3 Å². The van der Waals surface area contributed by atoms with Gasteiger partial charge in [-0.2, -0.15) is 0 Å². The number of fused-ring (bicyclic) bond motifs is 7. The van der Waals surface area contributed by atoms with E-state index in [1.165, 1.54) is 38.4 Å². The SMILES string of the molecule is CC(C)(C)c1ccc(N(c2ccc3c(c2)N(c2ccccc2)c2cccc4c2B3c2nc3ccccn3c2N4c2ccccc2)c2ccc(-c3ccccc3)c3ccccc23)cc1. The maximum atomic E-state index is 5.49. The van der Waals surface area contributed by atoms with E-state index in [4.69, 9.17) is 4.98 Å². The standard InChI is InChI=1S/C57H44BN5/c1-57(2,3)40-29-31-43(32-30-40)61(49-36-34-45(39-18-7-4-8-19-39)46-24-13-14-25-47(46)49)44-33-35-48-52(38-44)62(41-20-9-5-10-21-41)50-26-17-27-51-54(50)58(48)55-56(60-37-16-15-28-53(60)59-55)63(51)42-22-11-6-12-23-42/h4-38H,1-3H3. The number of rotatable bonds is 6. The molecule has 0 saturated heterocycles. The summed E-state index contributed by atoms with van der Waals surface area (Å²) in [6, 6.07) is 75.1. The van der Waals surface area contributed by atoms with Crippen molar-refractivity contribution in [1.29, 1.82) is 0 Å². The maximum absolute atomic E-state index is 5.49. The molecule has 0 atom stereocenters. The number of anilines is 9. The number of imidazole rings is 1. The molecule has 2 aromatic heterocycles. The summed E-state index contributed by atoms with van der Waals surface area (Å²) in [6.07, 6.45) is 2.14. The highest BCUT2D eigenvalue weighted by Crippen LogP contribution is 2.47. The molecule has 0 bridgehead atoms. The van der Waals surface area contributed by atoms with Crippen LogP contribution in [0, 0.1) is 0 Å². The van der Waals surface area contributed by atoms with Crippen LogP contribution in [0.25, 0.3) is 27.5 Å². The lowest BCUT2D eigenvalue weighted by molar-refractivity contribution is 0.590. The van der Waals surface area contributed by atoms with Crippen molar-refractivity contribution in [3.8, 4) is 11.1 Å². The van der Waals surface area contributed by atoms with E-state index in [0.717, 1.165) is 62.6 Å². The molecule has 0 radical (unpaired) electrons. The third kappa shape index (κ3) is 5.89. The summed E-state index contributed by atoms with van der Waals surface area (Å²) >= 11 is 0. The van der Waals surface area contributed by atoms with Crippen LogP contribution in [0.5, 0.6) is 0 Å². The zero-order valence-corrected chi connectivity index (χ0v) is 35.5. The molecule has 5 nitrogen and oxygen atoms in total. The van der Waals surface area contributed by atoms with Crippen molar-refractivity contribution < 1.29 is 0 Å². The quantitative estimate of drug-likeness (QED) is 0.156. The first-order valence-corrected chi connectivity index (χ1v) is 21.8. The third-order valence-electron chi connectivity index (χ3n) is 12.9. The predicted octanol–water partition coefficient (Wildman–Crippen LogP) is 13.0. The van der Waals surface area contributed by atoms with Crippen LogP contribution in [-0.4, -0.2) is 16.1 Å². The molecule has 0 N–H and O–H groups in total. The van der Waals surface area contributed by atoms with Gasteiger partial charge in [-0.25, -0.2) is 4.98 Å². The van der Waals surface area contributed by atoms with E-state index in [9.17, 15) is 0 Å². The Hall–Kier alpha value is -7.83. The zero-order chi connectivity index (χ0) is 42.2. The molecule has 8 aromatic carbocycles. The van der Waals surface area contributed by atoms with E-state index in [-0.39, 0.29) is 12.1 Å². The highest BCUT2D eigenvalue weighted by molar-refractivity contribution is 7.00. The van der Waals surface area contributed by atoms with E-state index >= 15 is 0 Å². The van der Waals surface area contributed by atoms with Crippen molar-refractivity contribution in [2.24, 2.45) is 0 Å². The maximum Gasteiger partial charge on any atom is 0.277 e. The molecule has 0 spiro atoms. The topological polar surface area (TPSA) is 27.0 Å². The van der Waals surface area contributed by atoms with Crippen molar-refractivity contribution in [3.05, 3.63) is 218 Å². The lowest BCUT2D eigenvalue weighted by atomic mass is 9.35. The van der Waals surface area contributed by atoms with Gasteiger partial charge in [-0.3, -0.25) is 9.30 Å². The molecule has 0 unspecified atom stereocenters. The van der Waals surface area contributed by atoms with Gasteiger partial charge in [0.25, 0.3) is 6.71 Å². The van der Waals surface area contributed by atoms with Crippen LogP contribution >= 0.6 is 0 Å². The monoisotopic (exact) mass is 809 g/mol. The van der Waals surface area contributed by atoms with Crippen molar-refractivity contribution in [2.45, 2.75) is 26.2 Å². The summed E-state index contributed by atoms with van der Waals surface area (Å²) < 4.78 is 2.25. The summed E-state index contributed by atoms with van der Waals surface area (Å²) in [7, 11) is 0. The molecule has 2 aliphatic heterocycles. The first-order valence-electron chi connectivity index (χ1n) is 21.8. The van der Waals surface area contributed by atoms with Gasteiger partial charge >= 0.3 is 0 Å². The Balaban J connectivity index is 1.12. The van der Waals surface area contributed by atoms with Crippen LogP contribution in [0.3, 0.4) is 0 Å². The number of hydrogen-bond acceptors (Lipinski definition) is 4. The van der Waals surface area contributed by atoms with Gasteiger partial charge in [-0.15, -0.1) is 0 Å². The number of pyridine rings is 1. The molecule has 4 heterocycles. The number of nitrogens with zero attached hydrogens (tertiary/aromatic N) is 5. The van der Waals surface area contributed by atoms with Crippen molar-refractivity contribution >= 4 is 91.0 Å². The van der Waals surface area contributed by atoms with E-state index in [1.807, 2.05) is 0 Å². The molecule has 0 saturated carbocycles. The second-order valence-electron chi connectivity index (χ2n) is 17.7. The third-order valence-corrected chi connectivity index (χ3v) is 12.9.